The zero-order valence-corrected chi connectivity index (χ0v) is 10.4. The largest absolute Gasteiger partial charge is 0.240 e. The predicted octanol–water partition coefficient (Wildman–Crippen LogP) is 3.94. The lowest BCUT2D eigenvalue weighted by molar-refractivity contribution is 0.831. The molecule has 0 N–H and O–H groups in total. The van der Waals surface area contributed by atoms with Gasteiger partial charge in [-0.15, -0.1) is 11.3 Å². The van der Waals surface area contributed by atoms with Crippen LogP contribution in [-0.2, 0) is 0 Å². The second-order valence-electron chi connectivity index (χ2n) is 4.43. The van der Waals surface area contributed by atoms with Gasteiger partial charge in [0.15, 0.2) is 0 Å². The van der Waals surface area contributed by atoms with Gasteiger partial charge in [0, 0.05) is 4.88 Å². The van der Waals surface area contributed by atoms with E-state index in [1.165, 1.54) is 15.3 Å². The molecule has 0 unspecified atom stereocenters. The molecule has 0 saturated heterocycles. The minimum absolute atomic E-state index is 0.467. The molecule has 2 heterocycles. The minimum atomic E-state index is 0.467. The summed E-state index contributed by atoms with van der Waals surface area (Å²) < 4.78 is 1.26. The van der Waals surface area contributed by atoms with Gasteiger partial charge in [-0.3, -0.25) is 0 Å². The molecule has 0 aromatic carbocycles. The first-order chi connectivity index (χ1) is 7.09. The summed E-state index contributed by atoms with van der Waals surface area (Å²) in [6.45, 7) is 8.79. The topological polar surface area (TPSA) is 25.8 Å². The Labute approximate surface area is 94.4 Å². The van der Waals surface area contributed by atoms with E-state index in [9.17, 15) is 0 Å². The summed E-state index contributed by atoms with van der Waals surface area (Å²) in [5.74, 6) is 1.04. The highest BCUT2D eigenvalue weighted by Crippen LogP contribution is 2.33. The van der Waals surface area contributed by atoms with E-state index in [2.05, 4.69) is 43.7 Å². The van der Waals surface area contributed by atoms with Crippen molar-refractivity contribution in [3.05, 3.63) is 23.0 Å². The number of nitrogens with zero attached hydrogens (tertiary/aromatic N) is 2. The Balaban J connectivity index is 2.64. The summed E-state index contributed by atoms with van der Waals surface area (Å²) in [6, 6.07) is 2.19. The van der Waals surface area contributed by atoms with Crippen LogP contribution in [0.2, 0.25) is 0 Å². The van der Waals surface area contributed by atoms with Gasteiger partial charge in [-0.1, -0.05) is 27.7 Å². The van der Waals surface area contributed by atoms with Crippen molar-refractivity contribution < 1.29 is 0 Å². The molecule has 0 aliphatic heterocycles. The van der Waals surface area contributed by atoms with Gasteiger partial charge in [0.05, 0.1) is 15.9 Å². The van der Waals surface area contributed by atoms with Crippen LogP contribution in [0.1, 0.15) is 50.1 Å². The lowest BCUT2D eigenvalue weighted by Crippen LogP contribution is -1.92. The van der Waals surface area contributed by atoms with Crippen LogP contribution in [0.15, 0.2) is 12.4 Å². The molecule has 0 spiro atoms. The fourth-order valence-corrected chi connectivity index (χ4v) is 2.84. The first-order valence-corrected chi connectivity index (χ1v) is 6.15. The van der Waals surface area contributed by atoms with Gasteiger partial charge >= 0.3 is 0 Å². The molecule has 0 fully saturated rings. The van der Waals surface area contributed by atoms with Gasteiger partial charge in [-0.25, -0.2) is 9.97 Å². The number of rotatable bonds is 2. The zero-order valence-electron chi connectivity index (χ0n) is 9.61. The highest BCUT2D eigenvalue weighted by atomic mass is 32.1. The molecule has 15 heavy (non-hydrogen) atoms. The second kappa shape index (κ2) is 3.89. The van der Waals surface area contributed by atoms with E-state index in [-0.39, 0.29) is 0 Å². The number of aromatic nitrogens is 2. The molecular weight excluding hydrogens is 204 g/mol. The summed E-state index contributed by atoms with van der Waals surface area (Å²) >= 11 is 1.84. The maximum Gasteiger partial charge on any atom is 0.116 e. The Bertz CT molecular complexity index is 471. The van der Waals surface area contributed by atoms with Crippen LogP contribution in [0.4, 0.5) is 0 Å². The Morgan fingerprint density at radius 1 is 1.07 bits per heavy atom. The summed E-state index contributed by atoms with van der Waals surface area (Å²) in [5.41, 5.74) is 2.28. The van der Waals surface area contributed by atoms with Crippen LogP contribution < -0.4 is 0 Å². The fourth-order valence-electron chi connectivity index (χ4n) is 1.59. The van der Waals surface area contributed by atoms with Gasteiger partial charge in [-0.2, -0.15) is 0 Å². The third-order valence-electron chi connectivity index (χ3n) is 2.47. The Hall–Kier alpha value is -0.960. The molecule has 2 rings (SSSR count). The lowest BCUT2D eigenvalue weighted by Gasteiger charge is -2.03. The molecule has 3 heteroatoms. The summed E-state index contributed by atoms with van der Waals surface area (Å²) in [4.78, 5) is 10.1. The molecule has 0 atom stereocenters. The van der Waals surface area contributed by atoms with E-state index >= 15 is 0 Å². The summed E-state index contributed by atoms with van der Waals surface area (Å²) in [7, 11) is 0. The van der Waals surface area contributed by atoms with Crippen molar-refractivity contribution in [2.75, 3.05) is 0 Å². The number of fused-ring (bicyclic) bond motifs is 1. The van der Waals surface area contributed by atoms with Gasteiger partial charge in [0.25, 0.3) is 0 Å². The molecule has 0 bridgehead atoms. The number of hydrogen-bond acceptors (Lipinski definition) is 3. The normalized spacial score (nSPS) is 11.9. The average Bonchev–Trinajstić information content (AvgIpc) is 2.60. The van der Waals surface area contributed by atoms with Crippen LogP contribution in [0.5, 0.6) is 0 Å². The maximum atomic E-state index is 4.38. The zero-order chi connectivity index (χ0) is 11.0. The summed E-state index contributed by atoms with van der Waals surface area (Å²) in [5, 5.41) is 0. The van der Waals surface area contributed by atoms with Crippen LogP contribution in [-0.4, -0.2) is 9.97 Å². The highest BCUT2D eigenvalue weighted by molar-refractivity contribution is 7.19. The van der Waals surface area contributed by atoms with Crippen molar-refractivity contribution in [1.29, 1.82) is 0 Å². The molecule has 0 aliphatic rings. The van der Waals surface area contributed by atoms with Gasteiger partial charge in [-0.05, 0) is 17.9 Å². The standard InChI is InChI=1S/C12H16N2S/c1-7(2)10-5-9-12(15-10)11(8(3)4)14-6-13-9/h5-8H,1-4H3. The molecule has 2 aromatic heterocycles. The smallest absolute Gasteiger partial charge is 0.116 e. The van der Waals surface area contributed by atoms with Crippen LogP contribution in [0.3, 0.4) is 0 Å². The van der Waals surface area contributed by atoms with E-state index in [0.29, 0.717) is 11.8 Å². The first kappa shape index (κ1) is 10.6. The van der Waals surface area contributed by atoms with Crippen LogP contribution in [0, 0.1) is 0 Å². The van der Waals surface area contributed by atoms with Gasteiger partial charge < -0.3 is 0 Å². The number of thiophene rings is 1. The third kappa shape index (κ3) is 1.88. The van der Waals surface area contributed by atoms with E-state index in [1.807, 2.05) is 11.3 Å². The second-order valence-corrected chi connectivity index (χ2v) is 5.52. The van der Waals surface area contributed by atoms with Crippen molar-refractivity contribution in [2.45, 2.75) is 39.5 Å². The Kier molecular flexibility index (Phi) is 2.74. The molecule has 2 aromatic rings. The fraction of sp³-hybridized carbons (Fsp3) is 0.500. The van der Waals surface area contributed by atoms with E-state index in [0.717, 1.165) is 5.52 Å². The quantitative estimate of drug-likeness (QED) is 0.766. The van der Waals surface area contributed by atoms with Crippen molar-refractivity contribution in [1.82, 2.24) is 9.97 Å². The van der Waals surface area contributed by atoms with Gasteiger partial charge in [0.1, 0.15) is 6.33 Å². The lowest BCUT2D eigenvalue weighted by atomic mass is 10.1. The van der Waals surface area contributed by atoms with Crippen molar-refractivity contribution in [3.63, 3.8) is 0 Å². The van der Waals surface area contributed by atoms with Crippen LogP contribution in [0.25, 0.3) is 10.2 Å². The number of hydrogen-bond donors (Lipinski definition) is 0. The highest BCUT2D eigenvalue weighted by Gasteiger charge is 2.12. The minimum Gasteiger partial charge on any atom is -0.240 e. The molecule has 0 saturated carbocycles. The first-order valence-electron chi connectivity index (χ1n) is 5.34. The molecule has 0 radical (unpaired) electrons. The molecular formula is C12H16N2S. The molecule has 0 aliphatic carbocycles. The van der Waals surface area contributed by atoms with E-state index < -0.39 is 0 Å². The van der Waals surface area contributed by atoms with E-state index in [1.54, 1.807) is 6.33 Å². The Morgan fingerprint density at radius 3 is 2.40 bits per heavy atom. The monoisotopic (exact) mass is 220 g/mol. The average molecular weight is 220 g/mol. The van der Waals surface area contributed by atoms with E-state index in [4.69, 9.17) is 0 Å². The molecule has 2 nitrogen and oxygen atoms in total. The molecule has 80 valence electrons. The van der Waals surface area contributed by atoms with Crippen molar-refractivity contribution in [2.24, 2.45) is 0 Å². The maximum absolute atomic E-state index is 4.38. The SMILES string of the molecule is CC(C)c1cc2ncnc(C(C)C)c2s1. The third-order valence-corrected chi connectivity index (χ3v) is 3.92. The van der Waals surface area contributed by atoms with Crippen molar-refractivity contribution in [3.8, 4) is 0 Å². The van der Waals surface area contributed by atoms with Crippen molar-refractivity contribution >= 4 is 21.6 Å². The van der Waals surface area contributed by atoms with Crippen LogP contribution >= 0.6 is 11.3 Å². The predicted molar refractivity (Wildman–Crippen MR) is 65.6 cm³/mol. The Morgan fingerprint density at radius 2 is 1.80 bits per heavy atom. The van der Waals surface area contributed by atoms with Gasteiger partial charge in [0.2, 0.25) is 0 Å². The molecule has 0 amide bonds. The summed E-state index contributed by atoms with van der Waals surface area (Å²) in [6.07, 6.45) is 1.68.